The second-order valence-corrected chi connectivity index (χ2v) is 14.0. The molecule has 0 atom stereocenters. The number of anilines is 3. The maximum atomic E-state index is 6.37. The van der Waals surface area contributed by atoms with Crippen LogP contribution in [0.15, 0.2) is 103 Å². The van der Waals surface area contributed by atoms with E-state index < -0.39 is 0 Å². The van der Waals surface area contributed by atoms with Crippen LogP contribution in [0.4, 0.5) is 17.1 Å². The molecule has 0 bridgehead atoms. The van der Waals surface area contributed by atoms with Gasteiger partial charge in [0.25, 0.3) is 0 Å². The van der Waals surface area contributed by atoms with Crippen molar-refractivity contribution in [3.8, 4) is 17.4 Å². The van der Waals surface area contributed by atoms with Crippen LogP contribution >= 0.6 is 11.3 Å². The largest absolute Gasteiger partial charge is 0.503 e. The Hall–Kier alpha value is -4.71. The van der Waals surface area contributed by atoms with E-state index in [9.17, 15) is 0 Å². The molecule has 48 heavy (non-hydrogen) atoms. The van der Waals surface area contributed by atoms with Crippen molar-refractivity contribution in [2.45, 2.75) is 26.2 Å². The SMILES string of the molecule is CN1[CH-]N(c2[c-]c(Oc3[c-]c4c(cc3)c3ccccc3n4-c3cc(C(C)(C)C)ccn3)ncc2)c2ccc3c(sc4ccccc43)c21.[Pt]. The van der Waals surface area contributed by atoms with Gasteiger partial charge in [-0.1, -0.05) is 68.8 Å². The molecule has 0 saturated carbocycles. The van der Waals surface area contributed by atoms with Crippen LogP contribution in [0.25, 0.3) is 47.8 Å². The van der Waals surface area contributed by atoms with E-state index in [0.29, 0.717) is 11.6 Å². The monoisotopic (exact) mass is 823 g/mol. The molecule has 0 N–H and O–H groups in total. The standard InChI is InChI=1S/C40H30N5OS.Pt/c1-40(2,3)25-17-19-41-36(21-25)45-32-11-7-5-9-28(32)29-14-13-27(23-34(29)45)46-37-22-26(18-20-42-37)44-24-43(4)38-33(44)16-15-31-30-10-6-8-12-35(30)47-39(31)38;/h5-21,24H,1-4H3;/q-3;. The van der Waals surface area contributed by atoms with Gasteiger partial charge in [0, 0.05) is 65.4 Å². The Morgan fingerprint density at radius 3 is 2.42 bits per heavy atom. The summed E-state index contributed by atoms with van der Waals surface area (Å²) in [5.74, 6) is 1.79. The van der Waals surface area contributed by atoms with Crippen molar-refractivity contribution in [2.24, 2.45) is 0 Å². The van der Waals surface area contributed by atoms with Crippen LogP contribution in [0.1, 0.15) is 26.3 Å². The number of hydrogen-bond donors (Lipinski definition) is 0. The molecule has 4 aromatic carbocycles. The average molecular weight is 824 g/mol. The van der Waals surface area contributed by atoms with Crippen molar-refractivity contribution in [1.29, 1.82) is 0 Å². The molecule has 0 unspecified atom stereocenters. The third kappa shape index (κ3) is 4.87. The van der Waals surface area contributed by atoms with Gasteiger partial charge in [-0.3, -0.25) is 4.98 Å². The van der Waals surface area contributed by atoms with Crippen molar-refractivity contribution in [3.05, 3.63) is 128 Å². The number of nitrogens with zero attached hydrogens (tertiary/aromatic N) is 5. The maximum Gasteiger partial charge on any atom is 0.135 e. The number of rotatable bonds is 4. The van der Waals surface area contributed by atoms with Gasteiger partial charge in [0.2, 0.25) is 0 Å². The Balaban J connectivity index is 0.00000336. The van der Waals surface area contributed by atoms with E-state index in [0.717, 1.165) is 39.0 Å². The number of pyridine rings is 2. The minimum atomic E-state index is -0.00702. The van der Waals surface area contributed by atoms with Crippen molar-refractivity contribution in [2.75, 3.05) is 16.8 Å². The van der Waals surface area contributed by atoms with Crippen LogP contribution < -0.4 is 14.5 Å². The molecule has 0 spiro atoms. The first-order chi connectivity index (χ1) is 22.8. The summed E-state index contributed by atoms with van der Waals surface area (Å²) < 4.78 is 11.1. The van der Waals surface area contributed by atoms with Crippen LogP contribution in [0.5, 0.6) is 11.6 Å². The summed E-state index contributed by atoms with van der Waals surface area (Å²) in [7, 11) is 2.09. The van der Waals surface area contributed by atoms with Gasteiger partial charge in [0.05, 0.1) is 4.70 Å². The topological polar surface area (TPSA) is 46.4 Å². The Bertz CT molecular complexity index is 2510. The smallest absolute Gasteiger partial charge is 0.135 e. The van der Waals surface area contributed by atoms with Gasteiger partial charge in [-0.2, -0.15) is 30.6 Å². The summed E-state index contributed by atoms with van der Waals surface area (Å²) in [5, 5.41) is 4.79. The number of hydrogen-bond acceptors (Lipinski definition) is 6. The summed E-state index contributed by atoms with van der Waals surface area (Å²) in [4.78, 5) is 13.7. The van der Waals surface area contributed by atoms with Gasteiger partial charge >= 0.3 is 0 Å². The van der Waals surface area contributed by atoms with E-state index >= 15 is 0 Å². The molecule has 6 nitrogen and oxygen atoms in total. The molecular formula is C40H30N5OPtS-3. The molecule has 8 aromatic rings. The normalized spacial score (nSPS) is 13.1. The van der Waals surface area contributed by atoms with E-state index in [1.165, 1.54) is 31.4 Å². The number of benzene rings is 4. The predicted molar refractivity (Wildman–Crippen MR) is 193 cm³/mol. The van der Waals surface area contributed by atoms with E-state index in [-0.39, 0.29) is 26.5 Å². The average Bonchev–Trinajstić information content (AvgIpc) is 3.73. The molecule has 1 aliphatic heterocycles. The Labute approximate surface area is 297 Å². The molecule has 4 aromatic heterocycles. The predicted octanol–water partition coefficient (Wildman–Crippen LogP) is 10.3. The van der Waals surface area contributed by atoms with Gasteiger partial charge in [-0.05, 0) is 59.9 Å². The maximum absolute atomic E-state index is 6.37. The number of fused-ring (bicyclic) bond motifs is 8. The molecule has 5 heterocycles. The minimum absolute atomic E-state index is 0. The van der Waals surface area contributed by atoms with Crippen LogP contribution in [-0.4, -0.2) is 21.6 Å². The summed E-state index contributed by atoms with van der Waals surface area (Å²) in [6, 6.07) is 38.6. The molecule has 0 aliphatic carbocycles. The fourth-order valence-corrected chi connectivity index (χ4v) is 7.91. The number of ether oxygens (including phenoxy) is 1. The molecule has 0 fully saturated rings. The van der Waals surface area contributed by atoms with Gasteiger partial charge in [0.15, 0.2) is 0 Å². The quantitative estimate of drug-likeness (QED) is 0.166. The van der Waals surface area contributed by atoms with Crippen LogP contribution in [0.3, 0.4) is 0 Å². The van der Waals surface area contributed by atoms with E-state index in [1.54, 1.807) is 6.20 Å². The van der Waals surface area contributed by atoms with Crippen LogP contribution in [0.2, 0.25) is 0 Å². The molecule has 240 valence electrons. The van der Waals surface area contributed by atoms with Gasteiger partial charge in [0.1, 0.15) is 11.7 Å². The summed E-state index contributed by atoms with van der Waals surface area (Å²) >= 11 is 1.83. The second kappa shape index (κ2) is 11.5. The Morgan fingerprint density at radius 2 is 1.56 bits per heavy atom. The zero-order chi connectivity index (χ0) is 31.9. The third-order valence-electron chi connectivity index (χ3n) is 8.92. The first-order valence-corrected chi connectivity index (χ1v) is 16.4. The fraction of sp³-hybridized carbons (Fsp3) is 0.125. The second-order valence-electron chi connectivity index (χ2n) is 13.0. The van der Waals surface area contributed by atoms with Gasteiger partial charge < -0.3 is 19.1 Å². The first-order valence-electron chi connectivity index (χ1n) is 15.6. The number of aromatic nitrogens is 3. The van der Waals surface area contributed by atoms with Gasteiger partial charge in [-0.15, -0.1) is 28.9 Å². The Kier molecular flexibility index (Phi) is 7.31. The molecule has 1 aliphatic rings. The van der Waals surface area contributed by atoms with E-state index in [4.69, 9.17) is 9.72 Å². The van der Waals surface area contributed by atoms with Crippen LogP contribution in [0, 0.1) is 18.8 Å². The summed E-state index contributed by atoms with van der Waals surface area (Å²) in [6.45, 7) is 8.75. The fourth-order valence-electron chi connectivity index (χ4n) is 6.62. The number of thiophene rings is 1. The van der Waals surface area contributed by atoms with Gasteiger partial charge in [-0.25, -0.2) is 4.98 Å². The van der Waals surface area contributed by atoms with Crippen LogP contribution in [-0.2, 0) is 26.5 Å². The van der Waals surface area contributed by atoms with Crippen molar-refractivity contribution in [1.82, 2.24) is 14.5 Å². The van der Waals surface area contributed by atoms with Crippen molar-refractivity contribution in [3.63, 3.8) is 0 Å². The molecule has 9 rings (SSSR count). The zero-order valence-corrected chi connectivity index (χ0v) is 29.8. The molecular weight excluding hydrogens is 794 g/mol. The molecule has 0 radical (unpaired) electrons. The molecule has 0 saturated heterocycles. The third-order valence-corrected chi connectivity index (χ3v) is 10.1. The minimum Gasteiger partial charge on any atom is -0.503 e. The summed E-state index contributed by atoms with van der Waals surface area (Å²) in [5.41, 5.74) is 6.31. The van der Waals surface area contributed by atoms with Crippen molar-refractivity contribution >= 4 is 70.4 Å². The van der Waals surface area contributed by atoms with Crippen molar-refractivity contribution < 1.29 is 25.8 Å². The van der Waals surface area contributed by atoms with E-state index in [2.05, 4.69) is 145 Å². The first kappa shape index (κ1) is 30.6. The Morgan fingerprint density at radius 1 is 0.792 bits per heavy atom. The van der Waals surface area contributed by atoms with E-state index in [1.807, 2.05) is 29.7 Å². The molecule has 0 amide bonds. The zero-order valence-electron chi connectivity index (χ0n) is 26.8. The number of para-hydroxylation sites is 1. The molecule has 8 heteroatoms. The summed E-state index contributed by atoms with van der Waals surface area (Å²) in [6.07, 6.45) is 3.65.